The Hall–Kier alpha value is -0.860. The van der Waals surface area contributed by atoms with Crippen LogP contribution >= 0.6 is 0 Å². The highest BCUT2D eigenvalue weighted by atomic mass is 32.2. The second-order valence-corrected chi connectivity index (χ2v) is 6.99. The van der Waals surface area contributed by atoms with Gasteiger partial charge in [0.2, 0.25) is 0 Å². The van der Waals surface area contributed by atoms with Crippen LogP contribution in [0.2, 0.25) is 0 Å². The van der Waals surface area contributed by atoms with Crippen LogP contribution in [0.1, 0.15) is 20.8 Å². The number of nitrogens with zero attached hydrogens (tertiary/aromatic N) is 2. The quantitative estimate of drug-likeness (QED) is 0.632. The summed E-state index contributed by atoms with van der Waals surface area (Å²) in [6.45, 7) is 6.38. The molecule has 0 bridgehead atoms. The SMILES string of the molecule is CC(C)(C)OC(=O)N1CCN2[C@H](COS2(=O)=O)C1. The topological polar surface area (TPSA) is 76.2 Å². The lowest BCUT2D eigenvalue weighted by atomic mass is 10.2. The number of hydrogen-bond donors (Lipinski definition) is 0. The highest BCUT2D eigenvalue weighted by molar-refractivity contribution is 7.84. The maximum Gasteiger partial charge on any atom is 0.410 e. The van der Waals surface area contributed by atoms with Crippen LogP contribution in [0.5, 0.6) is 0 Å². The molecule has 0 N–H and O–H groups in total. The molecule has 2 aliphatic heterocycles. The average molecular weight is 278 g/mol. The highest BCUT2D eigenvalue weighted by Gasteiger charge is 2.43. The van der Waals surface area contributed by atoms with E-state index in [9.17, 15) is 13.2 Å². The van der Waals surface area contributed by atoms with Gasteiger partial charge in [-0.2, -0.15) is 12.7 Å². The van der Waals surface area contributed by atoms with Gasteiger partial charge in [0.15, 0.2) is 0 Å². The Morgan fingerprint density at radius 1 is 1.33 bits per heavy atom. The van der Waals surface area contributed by atoms with Gasteiger partial charge in [0, 0.05) is 19.6 Å². The lowest BCUT2D eigenvalue weighted by Gasteiger charge is -2.35. The molecule has 0 radical (unpaired) electrons. The molecule has 0 aromatic heterocycles. The third kappa shape index (κ3) is 2.76. The molecular formula is C10H18N2O5S. The largest absolute Gasteiger partial charge is 0.444 e. The minimum Gasteiger partial charge on any atom is -0.444 e. The predicted octanol–water partition coefficient (Wildman–Crippen LogP) is 0.183. The zero-order valence-electron chi connectivity index (χ0n) is 10.7. The third-order valence-corrected chi connectivity index (χ3v) is 4.27. The molecule has 0 unspecified atom stereocenters. The molecule has 7 nitrogen and oxygen atoms in total. The van der Waals surface area contributed by atoms with Gasteiger partial charge in [0.05, 0.1) is 12.6 Å². The molecule has 1 amide bonds. The number of rotatable bonds is 0. The van der Waals surface area contributed by atoms with Gasteiger partial charge < -0.3 is 9.64 Å². The van der Waals surface area contributed by atoms with Crippen molar-refractivity contribution in [3.8, 4) is 0 Å². The number of carbonyl (C=O) groups excluding carboxylic acids is 1. The van der Waals surface area contributed by atoms with E-state index in [1.54, 1.807) is 20.8 Å². The molecule has 18 heavy (non-hydrogen) atoms. The van der Waals surface area contributed by atoms with Crippen molar-refractivity contribution in [2.75, 3.05) is 26.2 Å². The van der Waals surface area contributed by atoms with Gasteiger partial charge in [0.1, 0.15) is 5.60 Å². The van der Waals surface area contributed by atoms with Gasteiger partial charge in [-0.25, -0.2) is 4.79 Å². The standard InChI is InChI=1S/C10H18N2O5S/c1-10(2,3)17-9(13)11-4-5-12-8(6-11)7-16-18(12,14)15/h8H,4-7H2,1-3H3/t8-/m0/s1. The molecule has 0 spiro atoms. The molecule has 0 aliphatic carbocycles. The predicted molar refractivity (Wildman–Crippen MR) is 63.2 cm³/mol. The Bertz CT molecular complexity index is 442. The second-order valence-electron chi connectivity index (χ2n) is 5.43. The van der Waals surface area contributed by atoms with Crippen LogP contribution < -0.4 is 0 Å². The number of fused-ring (bicyclic) bond motifs is 1. The highest BCUT2D eigenvalue weighted by Crippen LogP contribution is 2.23. The fourth-order valence-corrected chi connectivity index (χ4v) is 3.26. The summed E-state index contributed by atoms with van der Waals surface area (Å²) in [5, 5.41) is 0. The third-order valence-electron chi connectivity index (χ3n) is 2.78. The summed E-state index contributed by atoms with van der Waals surface area (Å²) < 4.78 is 34.2. The molecule has 8 heteroatoms. The van der Waals surface area contributed by atoms with Crippen molar-refractivity contribution in [2.24, 2.45) is 0 Å². The maximum atomic E-state index is 11.9. The van der Waals surface area contributed by atoms with E-state index in [0.717, 1.165) is 0 Å². The van der Waals surface area contributed by atoms with Crippen molar-refractivity contribution < 1.29 is 22.1 Å². The summed E-state index contributed by atoms with van der Waals surface area (Å²) in [5.74, 6) is 0. The minimum atomic E-state index is -3.58. The van der Waals surface area contributed by atoms with E-state index >= 15 is 0 Å². The number of hydrogen-bond acceptors (Lipinski definition) is 5. The van der Waals surface area contributed by atoms with E-state index in [1.165, 1.54) is 9.21 Å². The lowest BCUT2D eigenvalue weighted by molar-refractivity contribution is 0.0142. The summed E-state index contributed by atoms with van der Waals surface area (Å²) in [6.07, 6.45) is -0.411. The molecule has 2 fully saturated rings. The molecule has 0 aromatic carbocycles. The van der Waals surface area contributed by atoms with Crippen LogP contribution in [-0.4, -0.2) is 61.6 Å². The first-order valence-electron chi connectivity index (χ1n) is 5.83. The first-order chi connectivity index (χ1) is 8.19. The molecule has 0 saturated carbocycles. The Morgan fingerprint density at radius 3 is 2.61 bits per heavy atom. The summed E-state index contributed by atoms with van der Waals surface area (Å²) in [5.41, 5.74) is -0.549. The van der Waals surface area contributed by atoms with Crippen LogP contribution in [0.4, 0.5) is 4.79 Å². The Balaban J connectivity index is 1.99. The number of ether oxygens (including phenoxy) is 1. The Morgan fingerprint density at radius 2 is 2.00 bits per heavy atom. The first-order valence-corrected chi connectivity index (χ1v) is 7.20. The van der Waals surface area contributed by atoms with Crippen molar-refractivity contribution in [1.29, 1.82) is 0 Å². The van der Waals surface area contributed by atoms with E-state index in [1.807, 2.05) is 0 Å². The monoisotopic (exact) mass is 278 g/mol. The molecule has 2 aliphatic rings. The fourth-order valence-electron chi connectivity index (χ4n) is 1.99. The second kappa shape index (κ2) is 4.36. The zero-order valence-corrected chi connectivity index (χ0v) is 11.6. The Kier molecular flexibility index (Phi) is 3.28. The van der Waals surface area contributed by atoms with Gasteiger partial charge in [-0.3, -0.25) is 4.18 Å². The van der Waals surface area contributed by atoms with Crippen LogP contribution in [-0.2, 0) is 19.2 Å². The molecule has 2 saturated heterocycles. The smallest absolute Gasteiger partial charge is 0.410 e. The maximum absolute atomic E-state index is 11.9. The van der Waals surface area contributed by atoms with E-state index in [2.05, 4.69) is 0 Å². The van der Waals surface area contributed by atoms with Gasteiger partial charge in [-0.1, -0.05) is 0 Å². The zero-order chi connectivity index (χ0) is 13.6. The average Bonchev–Trinajstić information content (AvgIpc) is 2.52. The van der Waals surface area contributed by atoms with Gasteiger partial charge in [-0.05, 0) is 20.8 Å². The molecule has 2 rings (SSSR count). The number of amides is 1. The first kappa shape index (κ1) is 13.6. The number of piperazine rings is 1. The molecule has 2 heterocycles. The summed E-state index contributed by atoms with van der Waals surface area (Å²) in [6, 6.07) is -0.295. The fraction of sp³-hybridized carbons (Fsp3) is 0.900. The molecule has 1 atom stereocenters. The molecular weight excluding hydrogens is 260 g/mol. The van der Waals surface area contributed by atoms with E-state index in [4.69, 9.17) is 8.92 Å². The summed E-state index contributed by atoms with van der Waals surface area (Å²) in [7, 11) is -3.58. The molecule has 104 valence electrons. The van der Waals surface area contributed by atoms with E-state index < -0.39 is 22.0 Å². The van der Waals surface area contributed by atoms with Crippen molar-refractivity contribution >= 4 is 16.4 Å². The normalized spacial score (nSPS) is 27.9. The lowest BCUT2D eigenvalue weighted by Crippen LogP contribution is -2.54. The van der Waals surface area contributed by atoms with Crippen molar-refractivity contribution in [1.82, 2.24) is 9.21 Å². The van der Waals surface area contributed by atoms with Crippen LogP contribution in [0.25, 0.3) is 0 Å². The van der Waals surface area contributed by atoms with E-state index in [0.29, 0.717) is 13.1 Å². The van der Waals surface area contributed by atoms with Gasteiger partial charge >= 0.3 is 16.4 Å². The number of carbonyl (C=O) groups is 1. The van der Waals surface area contributed by atoms with Crippen LogP contribution in [0.15, 0.2) is 0 Å². The van der Waals surface area contributed by atoms with Crippen LogP contribution in [0, 0.1) is 0 Å². The Labute approximate surface area is 107 Å². The van der Waals surface area contributed by atoms with Crippen molar-refractivity contribution in [3.05, 3.63) is 0 Å². The van der Waals surface area contributed by atoms with Gasteiger partial charge in [-0.15, -0.1) is 0 Å². The summed E-state index contributed by atoms with van der Waals surface area (Å²) in [4.78, 5) is 13.4. The van der Waals surface area contributed by atoms with Crippen LogP contribution in [0.3, 0.4) is 0 Å². The van der Waals surface area contributed by atoms with Gasteiger partial charge in [0.25, 0.3) is 0 Å². The summed E-state index contributed by atoms with van der Waals surface area (Å²) >= 11 is 0. The minimum absolute atomic E-state index is 0.0988. The van der Waals surface area contributed by atoms with Crippen molar-refractivity contribution in [3.63, 3.8) is 0 Å². The molecule has 0 aromatic rings. The van der Waals surface area contributed by atoms with Crippen molar-refractivity contribution in [2.45, 2.75) is 32.4 Å². The van der Waals surface area contributed by atoms with E-state index in [-0.39, 0.29) is 19.2 Å².